The van der Waals surface area contributed by atoms with Crippen molar-refractivity contribution in [2.24, 2.45) is 0 Å². The summed E-state index contributed by atoms with van der Waals surface area (Å²) in [4.78, 5) is 23.6. The average molecular weight is 662 g/mol. The van der Waals surface area contributed by atoms with Crippen molar-refractivity contribution in [2.75, 3.05) is 18.6 Å². The van der Waals surface area contributed by atoms with Crippen LogP contribution in [-0.2, 0) is 51.3 Å². The van der Waals surface area contributed by atoms with Crippen LogP contribution in [0.5, 0.6) is 0 Å². The molecule has 0 radical (unpaired) electrons. The van der Waals surface area contributed by atoms with E-state index in [2.05, 4.69) is 9.97 Å². The molecule has 0 aliphatic carbocycles. The van der Waals surface area contributed by atoms with Gasteiger partial charge in [0.1, 0.15) is 48.2 Å². The molecule has 46 heavy (non-hydrogen) atoms. The topological polar surface area (TPSA) is 167 Å². The zero-order chi connectivity index (χ0) is 33.7. The normalized spacial score (nSPS) is 23.6. The summed E-state index contributed by atoms with van der Waals surface area (Å²) in [5.41, 5.74) is 6.59. The molecule has 1 amide bonds. The fourth-order valence-corrected chi connectivity index (χ4v) is 6.48. The molecule has 2 saturated heterocycles. The van der Waals surface area contributed by atoms with Crippen LogP contribution in [0.15, 0.2) is 42.9 Å². The second-order valence-electron chi connectivity index (χ2n) is 13.4. The van der Waals surface area contributed by atoms with Crippen molar-refractivity contribution in [3.63, 3.8) is 0 Å². The van der Waals surface area contributed by atoms with Crippen LogP contribution in [0.4, 0.5) is 10.6 Å². The summed E-state index contributed by atoms with van der Waals surface area (Å²) in [5.74, 6) is -1.02. The van der Waals surface area contributed by atoms with Gasteiger partial charge < -0.3 is 34.0 Å². The first-order valence-corrected chi connectivity index (χ1v) is 16.8. The molecular weight excluding hydrogens is 618 g/mol. The summed E-state index contributed by atoms with van der Waals surface area (Å²) in [6, 6.07) is 8.92. The van der Waals surface area contributed by atoms with Crippen LogP contribution in [-0.4, -0.2) is 82.2 Å². The third kappa shape index (κ3) is 7.45. The molecule has 2 aliphatic rings. The lowest BCUT2D eigenvalue weighted by molar-refractivity contribution is -0.157. The van der Waals surface area contributed by atoms with E-state index in [1.165, 1.54) is 11.2 Å². The molecule has 0 spiro atoms. The Morgan fingerprint density at radius 2 is 1.83 bits per heavy atom. The maximum Gasteiger partial charge on any atom is 0.412 e. The molecule has 2 N–H and O–H groups in total. The van der Waals surface area contributed by atoms with E-state index in [1.807, 2.05) is 30.3 Å². The molecule has 2 aromatic heterocycles. The second kappa shape index (κ2) is 12.4. The van der Waals surface area contributed by atoms with E-state index >= 15 is 0 Å². The number of hydrogen-bond acceptors (Lipinski definition) is 12. The van der Waals surface area contributed by atoms with Crippen molar-refractivity contribution in [3.8, 4) is 0 Å². The number of amides is 1. The molecule has 5 rings (SSSR count). The zero-order valence-corrected chi connectivity index (χ0v) is 28.2. The molecule has 4 heterocycles. The number of nitrogens with two attached hydrogens (primary N) is 1. The second-order valence-corrected chi connectivity index (χ2v) is 15.0. The molecule has 15 heteroatoms. The van der Waals surface area contributed by atoms with Gasteiger partial charge in [-0.05, 0) is 54.0 Å². The molecule has 3 aromatic rings. The summed E-state index contributed by atoms with van der Waals surface area (Å²) in [7, 11) is -4.08. The van der Waals surface area contributed by atoms with E-state index in [4.69, 9.17) is 33.6 Å². The summed E-state index contributed by atoms with van der Waals surface area (Å²) in [6.07, 6.45) is 0.0528. The van der Waals surface area contributed by atoms with Crippen LogP contribution < -0.4 is 5.73 Å². The predicted molar refractivity (Wildman–Crippen MR) is 168 cm³/mol. The van der Waals surface area contributed by atoms with Gasteiger partial charge in [-0.1, -0.05) is 30.3 Å². The van der Waals surface area contributed by atoms with Crippen LogP contribution in [0.25, 0.3) is 11.0 Å². The summed E-state index contributed by atoms with van der Waals surface area (Å²) < 4.78 is 63.7. The molecule has 0 saturated carbocycles. The van der Waals surface area contributed by atoms with Crippen molar-refractivity contribution in [2.45, 2.75) is 103 Å². The Hall–Kier alpha value is -3.34. The number of carbonyl (C=O) groups excluding carboxylic acids is 1. The Bertz CT molecular complexity index is 1670. The number of hydrogen-bond donors (Lipinski definition) is 1. The number of anilines is 1. The number of aromatic nitrogens is 3. The van der Waals surface area contributed by atoms with Gasteiger partial charge in [0.05, 0.1) is 31.0 Å². The third-order valence-corrected chi connectivity index (χ3v) is 8.14. The third-order valence-electron chi connectivity index (χ3n) is 7.58. The van der Waals surface area contributed by atoms with Gasteiger partial charge >= 0.3 is 6.09 Å². The van der Waals surface area contributed by atoms with Gasteiger partial charge in [0.2, 0.25) is 0 Å². The highest BCUT2D eigenvalue weighted by Gasteiger charge is 2.58. The van der Waals surface area contributed by atoms with Gasteiger partial charge in [-0.15, -0.1) is 0 Å². The zero-order valence-electron chi connectivity index (χ0n) is 27.4. The minimum absolute atomic E-state index is 0.0581. The van der Waals surface area contributed by atoms with Crippen molar-refractivity contribution in [1.82, 2.24) is 19.4 Å². The largest absolute Gasteiger partial charge is 0.444 e. The fourth-order valence-electron chi connectivity index (χ4n) is 5.89. The lowest BCUT2D eigenvalue weighted by Gasteiger charge is -2.38. The van der Waals surface area contributed by atoms with Gasteiger partial charge in [0, 0.05) is 11.8 Å². The van der Waals surface area contributed by atoms with E-state index in [0.717, 1.165) is 11.8 Å². The van der Waals surface area contributed by atoms with Crippen LogP contribution >= 0.6 is 0 Å². The smallest absolute Gasteiger partial charge is 0.412 e. The predicted octanol–water partition coefficient (Wildman–Crippen LogP) is 4.10. The summed E-state index contributed by atoms with van der Waals surface area (Å²) in [5, 5.41) is 0. The molecule has 4 atom stereocenters. The average Bonchev–Trinajstić information content (AvgIpc) is 3.57. The number of rotatable bonds is 9. The molecule has 14 nitrogen and oxygen atoms in total. The standard InChI is InChI=1S/C31H43N5O9S/c1-29(2,3)44-28(37)36-21(16-41-30(36,4)5)25-26(43-31(6,7)42-25)24(45-46(8,38)39)20-14-35(23-22(20)33-17-34-27(23)32)18-40-15-19-12-10-9-11-13-19/h9-14,17,21,24-26H,15-16,18H2,1-8H3,(H2,32,33,34)/t21-,24?,25-,26+/m1/s1. The van der Waals surface area contributed by atoms with E-state index < -0.39 is 57.7 Å². The van der Waals surface area contributed by atoms with Crippen molar-refractivity contribution >= 4 is 33.1 Å². The lowest BCUT2D eigenvalue weighted by atomic mass is 9.96. The Morgan fingerprint density at radius 3 is 2.48 bits per heavy atom. The monoisotopic (exact) mass is 661 g/mol. The number of nitrogen functional groups attached to an aromatic ring is 1. The Kier molecular flexibility index (Phi) is 9.13. The minimum atomic E-state index is -4.08. The highest BCUT2D eigenvalue weighted by atomic mass is 32.2. The molecular formula is C31H43N5O9S. The molecule has 0 bridgehead atoms. The summed E-state index contributed by atoms with van der Waals surface area (Å²) >= 11 is 0. The van der Waals surface area contributed by atoms with Crippen molar-refractivity contribution < 1.29 is 41.1 Å². The number of carbonyl (C=O) groups is 1. The highest BCUT2D eigenvalue weighted by Crippen LogP contribution is 2.45. The van der Waals surface area contributed by atoms with E-state index in [0.29, 0.717) is 23.2 Å². The van der Waals surface area contributed by atoms with Crippen LogP contribution in [0, 0.1) is 0 Å². The van der Waals surface area contributed by atoms with Gasteiger partial charge in [-0.2, -0.15) is 8.42 Å². The fraction of sp³-hybridized carbons (Fsp3) is 0.581. The minimum Gasteiger partial charge on any atom is -0.444 e. The quantitative estimate of drug-likeness (QED) is 0.327. The van der Waals surface area contributed by atoms with E-state index in [9.17, 15) is 13.2 Å². The molecule has 1 unspecified atom stereocenters. The molecule has 252 valence electrons. The lowest BCUT2D eigenvalue weighted by Crippen LogP contribution is -2.56. The van der Waals surface area contributed by atoms with Gasteiger partial charge in [0.15, 0.2) is 11.6 Å². The molecule has 1 aromatic carbocycles. The SMILES string of the molecule is CC(C)(C)OC(=O)N1[C@@H]([C@H]2OC(C)(C)O[C@H]2C(OS(C)(=O)=O)c2cn(COCc3ccccc3)c3c(N)ncnc23)COC1(C)C. The first-order valence-electron chi connectivity index (χ1n) is 15.0. The van der Waals surface area contributed by atoms with Crippen molar-refractivity contribution in [1.29, 1.82) is 0 Å². The Balaban J connectivity index is 1.56. The van der Waals surface area contributed by atoms with Crippen molar-refractivity contribution in [3.05, 3.63) is 54.0 Å². The number of fused-ring (bicyclic) bond motifs is 1. The Morgan fingerprint density at radius 1 is 1.13 bits per heavy atom. The first kappa shape index (κ1) is 34.0. The number of benzene rings is 1. The highest BCUT2D eigenvalue weighted by molar-refractivity contribution is 7.86. The number of ether oxygens (including phenoxy) is 5. The van der Waals surface area contributed by atoms with E-state index in [-0.39, 0.29) is 19.2 Å². The van der Waals surface area contributed by atoms with Crippen LogP contribution in [0.3, 0.4) is 0 Å². The number of nitrogens with zero attached hydrogens (tertiary/aromatic N) is 4. The first-order chi connectivity index (χ1) is 21.4. The molecule has 2 aliphatic heterocycles. The van der Waals surface area contributed by atoms with Gasteiger partial charge in [-0.25, -0.2) is 14.8 Å². The van der Waals surface area contributed by atoms with Gasteiger partial charge in [-0.3, -0.25) is 9.08 Å². The molecule has 2 fully saturated rings. The maximum atomic E-state index is 13.6. The Labute approximate surface area is 269 Å². The van der Waals surface area contributed by atoms with Crippen LogP contribution in [0.1, 0.15) is 65.7 Å². The van der Waals surface area contributed by atoms with Crippen LogP contribution in [0.2, 0.25) is 0 Å². The summed E-state index contributed by atoms with van der Waals surface area (Å²) in [6.45, 7) is 12.7. The van der Waals surface area contributed by atoms with Gasteiger partial charge in [0.25, 0.3) is 10.1 Å². The van der Waals surface area contributed by atoms with E-state index in [1.54, 1.807) is 59.2 Å². The maximum absolute atomic E-state index is 13.6.